The fourth-order valence-electron chi connectivity index (χ4n) is 2.84. The van der Waals surface area contributed by atoms with Gasteiger partial charge in [-0.05, 0) is 74.5 Å². The summed E-state index contributed by atoms with van der Waals surface area (Å²) in [7, 11) is 0. The van der Waals surface area contributed by atoms with Crippen molar-refractivity contribution < 1.29 is 14.3 Å². The molecule has 28 heavy (non-hydrogen) atoms. The van der Waals surface area contributed by atoms with Gasteiger partial charge in [0.15, 0.2) is 0 Å². The summed E-state index contributed by atoms with van der Waals surface area (Å²) in [5.41, 5.74) is 1.92. The molecule has 7 heteroatoms. The van der Waals surface area contributed by atoms with Gasteiger partial charge in [-0.2, -0.15) is 0 Å². The third-order valence-corrected chi connectivity index (χ3v) is 4.77. The summed E-state index contributed by atoms with van der Waals surface area (Å²) in [5.74, 6) is 0.930. The first-order valence-electron chi connectivity index (χ1n) is 9.22. The first-order chi connectivity index (χ1) is 13.1. The Morgan fingerprint density at radius 2 is 1.61 bits per heavy atom. The third kappa shape index (κ3) is 5.47. The number of carbonyl (C=O) groups is 2. The Morgan fingerprint density at radius 3 is 2.14 bits per heavy atom. The Kier molecular flexibility index (Phi) is 7.84. The van der Waals surface area contributed by atoms with Crippen molar-refractivity contribution in [3.8, 4) is 5.75 Å². The highest BCUT2D eigenvalue weighted by atomic mass is 35.5. The van der Waals surface area contributed by atoms with Gasteiger partial charge in [-0.3, -0.25) is 9.59 Å². The molecule has 2 aromatic carbocycles. The van der Waals surface area contributed by atoms with Crippen molar-refractivity contribution in [3.63, 3.8) is 0 Å². The quantitative estimate of drug-likeness (QED) is 0.660. The standard InChI is InChI=1S/C21H25N3O3.ClH/c1-3-27-19-10-8-18(9-11-19)24-21(26)15-4-6-17(7-5-15)23-20(25)14(2)16-12-22-13-16;/h4-11,14,16,22H,3,12-13H2,1-2H3,(H,23,25)(H,24,26);1H. The number of amides is 2. The number of hydrogen-bond donors (Lipinski definition) is 3. The lowest BCUT2D eigenvalue weighted by molar-refractivity contribution is -0.121. The largest absolute Gasteiger partial charge is 0.494 e. The molecule has 150 valence electrons. The van der Waals surface area contributed by atoms with Crippen LogP contribution in [0.25, 0.3) is 0 Å². The molecule has 1 fully saturated rings. The summed E-state index contributed by atoms with van der Waals surface area (Å²) < 4.78 is 5.39. The zero-order valence-corrected chi connectivity index (χ0v) is 16.8. The smallest absolute Gasteiger partial charge is 0.255 e. The Balaban J connectivity index is 0.00000280. The summed E-state index contributed by atoms with van der Waals surface area (Å²) in [6.45, 7) is 6.25. The predicted octanol–water partition coefficient (Wildman–Crippen LogP) is 3.55. The van der Waals surface area contributed by atoms with Crippen molar-refractivity contribution in [1.82, 2.24) is 5.32 Å². The first kappa shape index (κ1) is 21.7. The number of carbonyl (C=O) groups excluding carboxylic acids is 2. The van der Waals surface area contributed by atoms with Gasteiger partial charge in [0.05, 0.1) is 6.61 Å². The molecule has 1 heterocycles. The Labute approximate surface area is 171 Å². The molecule has 0 aromatic heterocycles. The molecule has 0 saturated carbocycles. The summed E-state index contributed by atoms with van der Waals surface area (Å²) in [5, 5.41) is 8.94. The minimum atomic E-state index is -0.203. The number of hydrogen-bond acceptors (Lipinski definition) is 4. The number of nitrogens with one attached hydrogen (secondary N) is 3. The summed E-state index contributed by atoms with van der Waals surface area (Å²) in [4.78, 5) is 24.6. The van der Waals surface area contributed by atoms with Gasteiger partial charge < -0.3 is 20.7 Å². The molecule has 2 amide bonds. The van der Waals surface area contributed by atoms with Crippen LogP contribution < -0.4 is 20.7 Å². The van der Waals surface area contributed by atoms with E-state index in [1.807, 2.05) is 26.0 Å². The highest BCUT2D eigenvalue weighted by molar-refractivity contribution is 6.04. The maximum absolute atomic E-state index is 12.4. The molecule has 1 unspecified atom stereocenters. The molecule has 3 rings (SSSR count). The van der Waals surface area contributed by atoms with E-state index in [-0.39, 0.29) is 30.1 Å². The lowest BCUT2D eigenvalue weighted by Crippen LogP contribution is -2.48. The normalized spacial score (nSPS) is 14.2. The minimum absolute atomic E-state index is 0. The van der Waals surface area contributed by atoms with Crippen molar-refractivity contribution in [2.75, 3.05) is 30.3 Å². The zero-order chi connectivity index (χ0) is 19.2. The van der Waals surface area contributed by atoms with Crippen LogP contribution in [-0.4, -0.2) is 31.5 Å². The molecule has 0 spiro atoms. The van der Waals surface area contributed by atoms with E-state index in [2.05, 4.69) is 16.0 Å². The zero-order valence-electron chi connectivity index (χ0n) is 16.0. The molecule has 3 N–H and O–H groups in total. The van der Waals surface area contributed by atoms with Crippen molar-refractivity contribution in [2.24, 2.45) is 11.8 Å². The molecule has 1 saturated heterocycles. The average molecular weight is 404 g/mol. The second kappa shape index (κ2) is 10.1. The Hall–Kier alpha value is -2.57. The van der Waals surface area contributed by atoms with Crippen LogP contribution in [0.1, 0.15) is 24.2 Å². The maximum Gasteiger partial charge on any atom is 0.255 e. The number of anilines is 2. The highest BCUT2D eigenvalue weighted by Gasteiger charge is 2.28. The van der Waals surface area contributed by atoms with Crippen LogP contribution in [0.5, 0.6) is 5.75 Å². The molecule has 2 aromatic rings. The van der Waals surface area contributed by atoms with Gasteiger partial charge >= 0.3 is 0 Å². The van der Waals surface area contributed by atoms with Crippen LogP contribution in [0.2, 0.25) is 0 Å². The highest BCUT2D eigenvalue weighted by Crippen LogP contribution is 2.20. The van der Waals surface area contributed by atoms with Crippen LogP contribution in [0.15, 0.2) is 48.5 Å². The van der Waals surface area contributed by atoms with E-state index in [4.69, 9.17) is 4.74 Å². The summed E-state index contributed by atoms with van der Waals surface area (Å²) in [6.07, 6.45) is 0. The molecule has 1 aliphatic heterocycles. The predicted molar refractivity (Wildman–Crippen MR) is 113 cm³/mol. The van der Waals surface area contributed by atoms with Gasteiger partial charge in [-0.25, -0.2) is 0 Å². The first-order valence-corrected chi connectivity index (χ1v) is 9.22. The van der Waals surface area contributed by atoms with Gasteiger partial charge in [0.2, 0.25) is 5.91 Å². The molecular weight excluding hydrogens is 378 g/mol. The van der Waals surface area contributed by atoms with E-state index in [1.54, 1.807) is 36.4 Å². The van der Waals surface area contributed by atoms with Crippen LogP contribution >= 0.6 is 12.4 Å². The Bertz CT molecular complexity index is 790. The van der Waals surface area contributed by atoms with Gasteiger partial charge in [0.25, 0.3) is 5.91 Å². The monoisotopic (exact) mass is 403 g/mol. The van der Waals surface area contributed by atoms with Gasteiger partial charge in [-0.15, -0.1) is 12.4 Å². The number of benzene rings is 2. The number of ether oxygens (including phenoxy) is 1. The van der Waals surface area contributed by atoms with E-state index < -0.39 is 0 Å². The van der Waals surface area contributed by atoms with Crippen molar-refractivity contribution in [1.29, 1.82) is 0 Å². The van der Waals surface area contributed by atoms with Crippen LogP contribution in [0.4, 0.5) is 11.4 Å². The average Bonchev–Trinajstić information content (AvgIpc) is 2.62. The maximum atomic E-state index is 12.4. The van der Waals surface area contributed by atoms with Crippen LogP contribution in [0, 0.1) is 11.8 Å². The molecule has 0 bridgehead atoms. The van der Waals surface area contributed by atoms with E-state index in [0.29, 0.717) is 29.5 Å². The fraction of sp³-hybridized carbons (Fsp3) is 0.333. The van der Waals surface area contributed by atoms with Crippen LogP contribution in [-0.2, 0) is 4.79 Å². The molecule has 1 aliphatic rings. The number of halogens is 1. The van der Waals surface area contributed by atoms with Crippen LogP contribution in [0.3, 0.4) is 0 Å². The van der Waals surface area contributed by atoms with Gasteiger partial charge in [0.1, 0.15) is 5.75 Å². The molecular formula is C21H26ClN3O3. The second-order valence-corrected chi connectivity index (χ2v) is 6.69. The SMILES string of the molecule is CCOc1ccc(NC(=O)c2ccc(NC(=O)C(C)C3CNC3)cc2)cc1.Cl. The minimum Gasteiger partial charge on any atom is -0.494 e. The van der Waals surface area contributed by atoms with Gasteiger partial charge in [0, 0.05) is 22.9 Å². The molecule has 0 radical (unpaired) electrons. The molecule has 0 aliphatic carbocycles. The second-order valence-electron chi connectivity index (χ2n) is 6.69. The van der Waals surface area contributed by atoms with Gasteiger partial charge in [-0.1, -0.05) is 6.92 Å². The fourth-order valence-corrected chi connectivity index (χ4v) is 2.84. The van der Waals surface area contributed by atoms with E-state index >= 15 is 0 Å². The Morgan fingerprint density at radius 1 is 1.04 bits per heavy atom. The molecule has 1 atom stereocenters. The third-order valence-electron chi connectivity index (χ3n) is 4.77. The van der Waals surface area contributed by atoms with Crippen molar-refractivity contribution in [3.05, 3.63) is 54.1 Å². The summed E-state index contributed by atoms with van der Waals surface area (Å²) >= 11 is 0. The van der Waals surface area contributed by atoms with E-state index in [0.717, 1.165) is 18.8 Å². The van der Waals surface area contributed by atoms with E-state index in [1.165, 1.54) is 0 Å². The van der Waals surface area contributed by atoms with E-state index in [9.17, 15) is 9.59 Å². The van der Waals surface area contributed by atoms with Crippen molar-refractivity contribution in [2.45, 2.75) is 13.8 Å². The molecule has 6 nitrogen and oxygen atoms in total. The lowest BCUT2D eigenvalue weighted by Gasteiger charge is -2.31. The lowest BCUT2D eigenvalue weighted by atomic mass is 9.88. The number of rotatable bonds is 7. The van der Waals surface area contributed by atoms with Crippen molar-refractivity contribution >= 4 is 35.6 Å². The summed E-state index contributed by atoms with van der Waals surface area (Å²) in [6, 6.07) is 14.1. The topological polar surface area (TPSA) is 79.5 Å².